The topological polar surface area (TPSA) is 108 Å². The van der Waals surface area contributed by atoms with Crippen molar-refractivity contribution in [2.24, 2.45) is 10.5 Å². The zero-order valence-electron chi connectivity index (χ0n) is 16.3. The van der Waals surface area contributed by atoms with Crippen molar-refractivity contribution >= 4 is 29.2 Å². The molecule has 28 heavy (non-hydrogen) atoms. The van der Waals surface area contributed by atoms with Crippen LogP contribution in [0.25, 0.3) is 0 Å². The maximum atomic E-state index is 12.9. The van der Waals surface area contributed by atoms with E-state index in [1.807, 2.05) is 13.0 Å². The van der Waals surface area contributed by atoms with Gasteiger partial charge in [-0.1, -0.05) is 32.0 Å². The van der Waals surface area contributed by atoms with Gasteiger partial charge in [-0.05, 0) is 19.1 Å². The molecule has 2 atom stereocenters. The number of rotatable bonds is 6. The Balaban J connectivity index is 1.83. The number of benzene rings is 1. The summed E-state index contributed by atoms with van der Waals surface area (Å²) in [6.45, 7) is 5.86. The van der Waals surface area contributed by atoms with Gasteiger partial charge in [-0.15, -0.1) is 0 Å². The number of para-hydroxylation sites is 1. The minimum atomic E-state index is -1.44. The standard InChI is InChI=1S/C20H25N3O5/c1-4-28-15-12-20(18(26)27,19(15,2)3)21-17(25)14-10-11-16(24)23(22-14)13-8-6-5-7-9-13/h5-9,15H,4,10-12H2,1-3H3,(H,21,25)(H,26,27). The Kier molecular flexibility index (Phi) is 5.25. The van der Waals surface area contributed by atoms with Crippen molar-refractivity contribution in [2.75, 3.05) is 11.6 Å². The molecule has 0 radical (unpaired) electrons. The molecule has 2 N–H and O–H groups in total. The summed E-state index contributed by atoms with van der Waals surface area (Å²) in [6.07, 6.45) is 0.221. The van der Waals surface area contributed by atoms with Crippen LogP contribution in [0, 0.1) is 5.41 Å². The quantitative estimate of drug-likeness (QED) is 0.775. The fourth-order valence-corrected chi connectivity index (χ4v) is 3.79. The summed E-state index contributed by atoms with van der Waals surface area (Å²) < 4.78 is 5.62. The minimum Gasteiger partial charge on any atom is -0.479 e. The molecule has 3 rings (SSSR count). The average molecular weight is 387 g/mol. The third-order valence-electron chi connectivity index (χ3n) is 5.75. The lowest BCUT2D eigenvalue weighted by Crippen LogP contribution is -2.76. The van der Waals surface area contributed by atoms with Crippen LogP contribution in [-0.4, -0.2) is 46.9 Å². The molecule has 1 aliphatic heterocycles. The van der Waals surface area contributed by atoms with E-state index in [1.54, 1.807) is 38.1 Å². The summed E-state index contributed by atoms with van der Waals surface area (Å²) in [5, 5.41) is 17.9. The van der Waals surface area contributed by atoms with Crippen LogP contribution in [0.3, 0.4) is 0 Å². The SMILES string of the molecule is CCOC1CC(NC(=O)C2=NN(c3ccccc3)C(=O)CC2)(C(=O)O)C1(C)C. The van der Waals surface area contributed by atoms with Gasteiger partial charge in [0.25, 0.3) is 5.91 Å². The number of aliphatic carboxylic acids is 1. The number of anilines is 1. The zero-order valence-corrected chi connectivity index (χ0v) is 16.3. The molecule has 1 heterocycles. The van der Waals surface area contributed by atoms with Crippen LogP contribution in [0.2, 0.25) is 0 Å². The number of carboxylic acid groups (broad SMARTS) is 1. The molecule has 1 saturated carbocycles. The van der Waals surface area contributed by atoms with Gasteiger partial charge < -0.3 is 15.2 Å². The number of nitrogens with one attached hydrogen (secondary N) is 1. The molecule has 1 aromatic carbocycles. The van der Waals surface area contributed by atoms with Crippen LogP contribution in [0.1, 0.15) is 40.0 Å². The molecule has 2 aliphatic rings. The number of hydrogen-bond acceptors (Lipinski definition) is 5. The highest BCUT2D eigenvalue weighted by Gasteiger charge is 2.66. The molecule has 2 amide bonds. The van der Waals surface area contributed by atoms with E-state index in [2.05, 4.69) is 10.4 Å². The van der Waals surface area contributed by atoms with E-state index in [1.165, 1.54) is 5.01 Å². The van der Waals surface area contributed by atoms with Crippen LogP contribution in [0.5, 0.6) is 0 Å². The second-order valence-electron chi connectivity index (χ2n) is 7.62. The molecule has 1 aromatic rings. The Morgan fingerprint density at radius 1 is 1.29 bits per heavy atom. The lowest BCUT2D eigenvalue weighted by Gasteiger charge is -2.58. The summed E-state index contributed by atoms with van der Waals surface area (Å²) in [4.78, 5) is 37.1. The van der Waals surface area contributed by atoms with E-state index >= 15 is 0 Å². The van der Waals surface area contributed by atoms with Crippen molar-refractivity contribution in [2.45, 2.75) is 51.7 Å². The molecule has 0 bridgehead atoms. The first kappa shape index (κ1) is 20.0. The largest absolute Gasteiger partial charge is 0.479 e. The summed E-state index contributed by atoms with van der Waals surface area (Å²) >= 11 is 0. The Morgan fingerprint density at radius 2 is 1.96 bits per heavy atom. The van der Waals surface area contributed by atoms with Crippen molar-refractivity contribution in [3.63, 3.8) is 0 Å². The first-order valence-corrected chi connectivity index (χ1v) is 9.36. The van der Waals surface area contributed by atoms with E-state index in [4.69, 9.17) is 4.74 Å². The predicted octanol–water partition coefficient (Wildman–Crippen LogP) is 1.94. The van der Waals surface area contributed by atoms with Gasteiger partial charge in [-0.2, -0.15) is 5.10 Å². The lowest BCUT2D eigenvalue weighted by molar-refractivity contribution is -0.193. The second-order valence-corrected chi connectivity index (χ2v) is 7.62. The third kappa shape index (κ3) is 3.17. The monoisotopic (exact) mass is 387 g/mol. The molecule has 1 fully saturated rings. The van der Waals surface area contributed by atoms with Gasteiger partial charge in [0.05, 0.1) is 11.8 Å². The number of carbonyl (C=O) groups excluding carboxylic acids is 2. The first-order chi connectivity index (χ1) is 13.2. The fraction of sp³-hybridized carbons (Fsp3) is 0.500. The highest BCUT2D eigenvalue weighted by atomic mass is 16.5. The van der Waals surface area contributed by atoms with Gasteiger partial charge in [-0.3, -0.25) is 9.59 Å². The Labute approximate surface area is 163 Å². The summed E-state index contributed by atoms with van der Waals surface area (Å²) in [7, 11) is 0. The predicted molar refractivity (Wildman–Crippen MR) is 103 cm³/mol. The molecule has 8 nitrogen and oxygen atoms in total. The number of hydrazone groups is 1. The van der Waals surface area contributed by atoms with Crippen molar-refractivity contribution < 1.29 is 24.2 Å². The smallest absolute Gasteiger partial charge is 0.330 e. The molecule has 0 aromatic heterocycles. The highest BCUT2D eigenvalue weighted by molar-refractivity contribution is 6.40. The molecule has 1 aliphatic carbocycles. The zero-order chi connectivity index (χ0) is 20.5. The van der Waals surface area contributed by atoms with Gasteiger partial charge in [0.15, 0.2) is 0 Å². The highest BCUT2D eigenvalue weighted by Crippen LogP contribution is 2.51. The summed E-state index contributed by atoms with van der Waals surface area (Å²) in [6, 6.07) is 8.82. The van der Waals surface area contributed by atoms with Crippen LogP contribution in [-0.2, 0) is 19.1 Å². The number of nitrogens with zero attached hydrogens (tertiary/aromatic N) is 2. The number of carbonyl (C=O) groups is 3. The van der Waals surface area contributed by atoms with Crippen LogP contribution in [0.4, 0.5) is 5.69 Å². The Hall–Kier alpha value is -2.74. The third-order valence-corrected chi connectivity index (χ3v) is 5.75. The number of hydrogen-bond donors (Lipinski definition) is 2. The van der Waals surface area contributed by atoms with E-state index in [0.717, 1.165) is 0 Å². The Bertz CT molecular complexity index is 820. The van der Waals surface area contributed by atoms with E-state index < -0.39 is 22.8 Å². The fourth-order valence-electron chi connectivity index (χ4n) is 3.79. The van der Waals surface area contributed by atoms with Crippen molar-refractivity contribution in [1.82, 2.24) is 5.32 Å². The average Bonchev–Trinajstić information content (AvgIpc) is 2.67. The van der Waals surface area contributed by atoms with E-state index in [-0.39, 0.29) is 37.0 Å². The summed E-state index contributed by atoms with van der Waals surface area (Å²) in [5.41, 5.74) is -1.52. The molecule has 8 heteroatoms. The number of carboxylic acids is 1. The molecular formula is C20H25N3O5. The van der Waals surface area contributed by atoms with Crippen molar-refractivity contribution in [3.8, 4) is 0 Å². The lowest BCUT2D eigenvalue weighted by atomic mass is 9.54. The van der Waals surface area contributed by atoms with Gasteiger partial charge in [0.2, 0.25) is 5.91 Å². The van der Waals surface area contributed by atoms with Crippen molar-refractivity contribution in [3.05, 3.63) is 30.3 Å². The number of amides is 2. The van der Waals surface area contributed by atoms with E-state index in [0.29, 0.717) is 12.3 Å². The van der Waals surface area contributed by atoms with Crippen LogP contribution < -0.4 is 10.3 Å². The number of ether oxygens (including phenoxy) is 1. The maximum absolute atomic E-state index is 12.9. The van der Waals surface area contributed by atoms with Crippen LogP contribution >= 0.6 is 0 Å². The molecule has 2 unspecified atom stereocenters. The van der Waals surface area contributed by atoms with Gasteiger partial charge in [0, 0.05) is 31.3 Å². The maximum Gasteiger partial charge on any atom is 0.330 e. The molecule has 0 spiro atoms. The Morgan fingerprint density at radius 3 is 2.54 bits per heavy atom. The van der Waals surface area contributed by atoms with Gasteiger partial charge in [-0.25, -0.2) is 9.80 Å². The molecule has 0 saturated heterocycles. The van der Waals surface area contributed by atoms with E-state index in [9.17, 15) is 19.5 Å². The van der Waals surface area contributed by atoms with Crippen molar-refractivity contribution in [1.29, 1.82) is 0 Å². The molecular weight excluding hydrogens is 362 g/mol. The van der Waals surface area contributed by atoms with Crippen LogP contribution in [0.15, 0.2) is 35.4 Å². The van der Waals surface area contributed by atoms with Gasteiger partial charge in [0.1, 0.15) is 11.3 Å². The first-order valence-electron chi connectivity index (χ1n) is 9.36. The summed E-state index contributed by atoms with van der Waals surface area (Å²) in [5.74, 6) is -1.89. The normalized spacial score (nSPS) is 26.2. The van der Waals surface area contributed by atoms with Gasteiger partial charge >= 0.3 is 5.97 Å². The molecule has 150 valence electrons. The second kappa shape index (κ2) is 7.35. The minimum absolute atomic E-state index is 0.131.